The largest absolute Gasteiger partial charge is 0.391 e. The average molecular weight is 246 g/mol. The van der Waals surface area contributed by atoms with Gasteiger partial charge in [-0.3, -0.25) is 9.59 Å². The Kier molecular flexibility index (Phi) is 5.11. The van der Waals surface area contributed by atoms with Crippen LogP contribution in [0, 0.1) is 0 Å². The molecule has 1 aromatic rings. The van der Waals surface area contributed by atoms with E-state index < -0.39 is 0 Å². The summed E-state index contributed by atoms with van der Waals surface area (Å²) in [5.41, 5.74) is 1.23. The Bertz CT molecular complexity index is 450. The van der Waals surface area contributed by atoms with Crippen molar-refractivity contribution in [1.29, 1.82) is 0 Å². The number of nitrogens with zero attached hydrogens (tertiary/aromatic N) is 1. The highest BCUT2D eigenvalue weighted by molar-refractivity contribution is 6.05. The zero-order chi connectivity index (χ0) is 13.5. The summed E-state index contributed by atoms with van der Waals surface area (Å²) in [4.78, 5) is 25.0. The number of hydrogen-bond acceptors (Lipinski definition) is 3. The van der Waals surface area contributed by atoms with E-state index in [2.05, 4.69) is 5.32 Å². The molecule has 0 saturated carbocycles. The molecule has 0 aliphatic rings. The minimum Gasteiger partial charge on any atom is -0.391 e. The fourth-order valence-electron chi connectivity index (χ4n) is 1.38. The van der Waals surface area contributed by atoms with E-state index >= 15 is 0 Å². The highest BCUT2D eigenvalue weighted by Crippen LogP contribution is 2.05. The Morgan fingerprint density at radius 1 is 1.22 bits per heavy atom. The second-order valence-corrected chi connectivity index (χ2v) is 4.11. The van der Waals surface area contributed by atoms with E-state index in [1.807, 2.05) is 18.2 Å². The van der Waals surface area contributed by atoms with Gasteiger partial charge >= 0.3 is 0 Å². The van der Waals surface area contributed by atoms with Crippen LogP contribution in [0.1, 0.15) is 16.8 Å². The molecular formula is C14H18N2O2. The van der Waals surface area contributed by atoms with Gasteiger partial charge in [0.25, 0.3) is 0 Å². The van der Waals surface area contributed by atoms with Crippen LogP contribution in [-0.2, 0) is 4.79 Å². The van der Waals surface area contributed by atoms with Gasteiger partial charge in [-0.15, -0.1) is 0 Å². The van der Waals surface area contributed by atoms with Gasteiger partial charge in [-0.05, 0) is 0 Å². The average Bonchev–Trinajstić information content (AvgIpc) is 2.38. The molecule has 0 saturated heterocycles. The SMILES string of the molecule is CN/C(=C/C(=O)c1ccccc1)CC(=O)N(C)C. The third-order valence-electron chi connectivity index (χ3n) is 2.53. The Hall–Kier alpha value is -2.10. The van der Waals surface area contributed by atoms with Crippen LogP contribution in [0.2, 0.25) is 0 Å². The van der Waals surface area contributed by atoms with Gasteiger partial charge in [-0.2, -0.15) is 0 Å². The molecule has 0 atom stereocenters. The number of ketones is 1. The molecule has 18 heavy (non-hydrogen) atoms. The molecule has 0 heterocycles. The van der Waals surface area contributed by atoms with Crippen molar-refractivity contribution in [1.82, 2.24) is 10.2 Å². The van der Waals surface area contributed by atoms with Crippen LogP contribution in [0.4, 0.5) is 0 Å². The molecule has 0 fully saturated rings. The smallest absolute Gasteiger partial charge is 0.227 e. The Balaban J connectivity index is 2.79. The Labute approximate surface area is 107 Å². The van der Waals surface area contributed by atoms with Crippen molar-refractivity contribution in [3.8, 4) is 0 Å². The monoisotopic (exact) mass is 246 g/mol. The van der Waals surface area contributed by atoms with Crippen molar-refractivity contribution in [3.05, 3.63) is 47.7 Å². The molecule has 1 rings (SSSR count). The van der Waals surface area contributed by atoms with Gasteiger partial charge in [0, 0.05) is 38.5 Å². The molecule has 0 unspecified atom stereocenters. The van der Waals surface area contributed by atoms with Crippen LogP contribution < -0.4 is 5.32 Å². The zero-order valence-corrected chi connectivity index (χ0v) is 10.9. The number of benzene rings is 1. The molecule has 0 aliphatic heterocycles. The maximum atomic E-state index is 11.9. The zero-order valence-electron chi connectivity index (χ0n) is 10.9. The molecule has 0 bridgehead atoms. The Morgan fingerprint density at radius 3 is 2.33 bits per heavy atom. The number of hydrogen-bond donors (Lipinski definition) is 1. The molecule has 0 aromatic heterocycles. The van der Waals surface area contributed by atoms with Crippen molar-refractivity contribution in [2.45, 2.75) is 6.42 Å². The van der Waals surface area contributed by atoms with Gasteiger partial charge in [-0.1, -0.05) is 30.3 Å². The predicted octanol–water partition coefficient (Wildman–Crippen LogP) is 1.45. The summed E-state index contributed by atoms with van der Waals surface area (Å²) >= 11 is 0. The third kappa shape index (κ3) is 4.05. The summed E-state index contributed by atoms with van der Waals surface area (Å²) in [6, 6.07) is 8.98. The topological polar surface area (TPSA) is 49.4 Å². The second kappa shape index (κ2) is 6.59. The molecule has 1 amide bonds. The maximum Gasteiger partial charge on any atom is 0.227 e. The normalized spacial score (nSPS) is 10.9. The summed E-state index contributed by atoms with van der Waals surface area (Å²) in [6.45, 7) is 0. The lowest BCUT2D eigenvalue weighted by molar-refractivity contribution is -0.128. The van der Waals surface area contributed by atoms with Gasteiger partial charge in [0.1, 0.15) is 0 Å². The van der Waals surface area contributed by atoms with Crippen LogP contribution in [0.15, 0.2) is 42.1 Å². The highest BCUT2D eigenvalue weighted by atomic mass is 16.2. The van der Waals surface area contributed by atoms with E-state index in [0.29, 0.717) is 11.3 Å². The molecule has 0 aliphatic carbocycles. The first kappa shape index (κ1) is 14.0. The molecular weight excluding hydrogens is 228 g/mol. The van der Waals surface area contributed by atoms with Gasteiger partial charge < -0.3 is 10.2 Å². The van der Waals surface area contributed by atoms with Gasteiger partial charge in [0.05, 0.1) is 6.42 Å². The Morgan fingerprint density at radius 2 is 1.83 bits per heavy atom. The molecule has 4 heteroatoms. The minimum absolute atomic E-state index is 0.0449. The molecule has 1 aromatic carbocycles. The van der Waals surface area contributed by atoms with E-state index in [9.17, 15) is 9.59 Å². The van der Waals surface area contributed by atoms with Crippen LogP contribution in [0.25, 0.3) is 0 Å². The van der Waals surface area contributed by atoms with Crippen LogP contribution in [-0.4, -0.2) is 37.7 Å². The van der Waals surface area contributed by atoms with E-state index in [1.165, 1.54) is 11.0 Å². The summed E-state index contributed by atoms with van der Waals surface area (Å²) in [6.07, 6.45) is 1.67. The van der Waals surface area contributed by atoms with E-state index in [-0.39, 0.29) is 18.1 Å². The summed E-state index contributed by atoms with van der Waals surface area (Å²) in [7, 11) is 5.08. The molecule has 1 N–H and O–H groups in total. The number of nitrogens with one attached hydrogen (secondary N) is 1. The lowest BCUT2D eigenvalue weighted by atomic mass is 10.1. The van der Waals surface area contributed by atoms with Gasteiger partial charge in [0.15, 0.2) is 5.78 Å². The van der Waals surface area contributed by atoms with Crippen LogP contribution in [0.5, 0.6) is 0 Å². The van der Waals surface area contributed by atoms with Crippen LogP contribution >= 0.6 is 0 Å². The van der Waals surface area contributed by atoms with Crippen LogP contribution in [0.3, 0.4) is 0 Å². The lowest BCUT2D eigenvalue weighted by Crippen LogP contribution is -2.24. The fourth-order valence-corrected chi connectivity index (χ4v) is 1.38. The van der Waals surface area contributed by atoms with Crippen molar-refractivity contribution >= 4 is 11.7 Å². The van der Waals surface area contributed by atoms with Crippen molar-refractivity contribution in [2.75, 3.05) is 21.1 Å². The highest BCUT2D eigenvalue weighted by Gasteiger charge is 2.09. The molecule has 0 radical (unpaired) electrons. The van der Waals surface area contributed by atoms with Crippen molar-refractivity contribution in [2.24, 2.45) is 0 Å². The van der Waals surface area contributed by atoms with E-state index in [0.717, 1.165) is 0 Å². The van der Waals surface area contributed by atoms with E-state index in [1.54, 1.807) is 33.3 Å². The molecule has 4 nitrogen and oxygen atoms in total. The van der Waals surface area contributed by atoms with Crippen molar-refractivity contribution < 1.29 is 9.59 Å². The minimum atomic E-state index is -0.105. The fraction of sp³-hybridized carbons (Fsp3) is 0.286. The number of allylic oxidation sites excluding steroid dienone is 1. The predicted molar refractivity (Wildman–Crippen MR) is 71.2 cm³/mol. The third-order valence-corrected chi connectivity index (χ3v) is 2.53. The number of carbonyl (C=O) groups is 2. The van der Waals surface area contributed by atoms with E-state index in [4.69, 9.17) is 0 Å². The first-order valence-electron chi connectivity index (χ1n) is 5.72. The second-order valence-electron chi connectivity index (χ2n) is 4.11. The first-order valence-corrected chi connectivity index (χ1v) is 5.72. The summed E-state index contributed by atoms with van der Waals surface area (Å²) in [5.74, 6) is -0.150. The number of carbonyl (C=O) groups excluding carboxylic acids is 2. The summed E-state index contributed by atoms with van der Waals surface area (Å²) in [5, 5.41) is 2.88. The maximum absolute atomic E-state index is 11.9. The standard InChI is InChI=1S/C14H18N2O2/c1-15-12(10-14(18)16(2)3)9-13(17)11-7-5-4-6-8-11/h4-9,15H,10H2,1-3H3/b12-9+. The number of amides is 1. The molecule has 0 spiro atoms. The van der Waals surface area contributed by atoms with Gasteiger partial charge in [0.2, 0.25) is 5.91 Å². The summed E-state index contributed by atoms with van der Waals surface area (Å²) < 4.78 is 0. The molecule has 96 valence electrons. The van der Waals surface area contributed by atoms with Crippen molar-refractivity contribution in [3.63, 3.8) is 0 Å². The quantitative estimate of drug-likeness (QED) is 0.632. The van der Waals surface area contributed by atoms with Gasteiger partial charge in [-0.25, -0.2) is 0 Å². The number of rotatable bonds is 5. The first-order chi connectivity index (χ1) is 8.54. The lowest BCUT2D eigenvalue weighted by Gasteiger charge is -2.12.